The Hall–Kier alpha value is -1.33. The van der Waals surface area contributed by atoms with Crippen LogP contribution in [0.25, 0.3) is 0 Å². The average molecular weight is 181 g/mol. The van der Waals surface area contributed by atoms with Crippen molar-refractivity contribution in [3.8, 4) is 0 Å². The van der Waals surface area contributed by atoms with Gasteiger partial charge in [-0.3, -0.25) is 4.79 Å². The normalized spacial score (nSPS) is 6.69. The predicted octanol–water partition coefficient (Wildman–Crippen LogP) is -0.382. The molecule has 0 heterocycles. The summed E-state index contributed by atoms with van der Waals surface area (Å²) in [4.78, 5) is 9.22. The SMILES string of the molecule is CC(N)=O.[B+2]c1ccccc1.[OH-].[OH-]. The Morgan fingerprint density at radius 2 is 1.54 bits per heavy atom. The maximum absolute atomic E-state index is 9.22. The maximum Gasteiger partial charge on any atom is -0.870 e. The maximum atomic E-state index is 9.22. The molecule has 0 aliphatic rings. The van der Waals surface area contributed by atoms with Gasteiger partial charge in [-0.1, -0.05) is 0 Å². The van der Waals surface area contributed by atoms with Crippen molar-refractivity contribution < 1.29 is 15.7 Å². The van der Waals surface area contributed by atoms with E-state index in [0.717, 1.165) is 5.46 Å². The molecule has 1 rings (SSSR count). The van der Waals surface area contributed by atoms with Crippen LogP contribution in [-0.2, 0) is 4.79 Å². The second kappa shape index (κ2) is 10.7. The standard InChI is InChI=1S/C6H5B.C2H5NO.2H2O/c7-6-4-2-1-3-5-6;1-2(3)4;;/h1-5H;1H3,(H2,3,4);2*1H2/q+2;;;/p-2. The van der Waals surface area contributed by atoms with Crippen molar-refractivity contribution in [2.45, 2.75) is 6.92 Å². The van der Waals surface area contributed by atoms with Gasteiger partial charge in [0.05, 0.1) is 0 Å². The van der Waals surface area contributed by atoms with Crippen LogP contribution in [0.2, 0.25) is 0 Å². The van der Waals surface area contributed by atoms with Crippen molar-refractivity contribution >= 4 is 19.2 Å². The smallest absolute Gasteiger partial charge is 0.870 e. The molecule has 1 aromatic rings. The summed E-state index contributed by atoms with van der Waals surface area (Å²) >= 11 is 0. The molecular formula is C8H12BNO3. The van der Waals surface area contributed by atoms with Crippen LogP contribution in [0.5, 0.6) is 0 Å². The molecule has 0 radical (unpaired) electrons. The number of carbonyl (C=O) groups is 1. The molecule has 0 unspecified atom stereocenters. The van der Waals surface area contributed by atoms with Crippen molar-refractivity contribution in [1.82, 2.24) is 0 Å². The van der Waals surface area contributed by atoms with Gasteiger partial charge in [-0.2, -0.15) is 0 Å². The van der Waals surface area contributed by atoms with E-state index in [9.17, 15) is 4.79 Å². The molecule has 13 heavy (non-hydrogen) atoms. The molecule has 0 spiro atoms. The largest absolute Gasteiger partial charge is 0.870 e. The molecule has 0 saturated carbocycles. The quantitative estimate of drug-likeness (QED) is 0.551. The van der Waals surface area contributed by atoms with Crippen LogP contribution < -0.4 is 11.2 Å². The fourth-order valence-electron chi connectivity index (χ4n) is 0.453. The molecule has 70 valence electrons. The number of carbonyl (C=O) groups excluding carboxylic acids is 1. The molecule has 5 heteroatoms. The molecule has 0 aromatic heterocycles. The molecule has 0 fully saturated rings. The molecule has 1 amide bonds. The minimum absolute atomic E-state index is 0. The van der Waals surface area contributed by atoms with E-state index in [1.54, 1.807) is 0 Å². The van der Waals surface area contributed by atoms with E-state index in [-0.39, 0.29) is 16.9 Å². The Kier molecular flexibility index (Phi) is 14.5. The number of rotatable bonds is 0. The Bertz CT molecular complexity index is 212. The van der Waals surface area contributed by atoms with Crippen molar-refractivity contribution in [2.24, 2.45) is 5.73 Å². The number of hydrogen-bond donors (Lipinski definition) is 1. The van der Waals surface area contributed by atoms with Crippen LogP contribution in [0.4, 0.5) is 0 Å². The van der Waals surface area contributed by atoms with Crippen LogP contribution in [0, 0.1) is 0 Å². The second-order valence-electron chi connectivity index (χ2n) is 2.02. The molecule has 0 aliphatic carbocycles. The van der Waals surface area contributed by atoms with E-state index < -0.39 is 0 Å². The summed E-state index contributed by atoms with van der Waals surface area (Å²) in [7, 11) is 5.36. The van der Waals surface area contributed by atoms with Crippen LogP contribution >= 0.6 is 0 Å². The van der Waals surface area contributed by atoms with Crippen molar-refractivity contribution in [2.75, 3.05) is 0 Å². The van der Waals surface area contributed by atoms with Crippen molar-refractivity contribution in [3.63, 3.8) is 0 Å². The number of nitrogens with two attached hydrogens (primary N) is 1. The molecule has 1 aromatic carbocycles. The van der Waals surface area contributed by atoms with E-state index in [2.05, 4.69) is 5.73 Å². The summed E-state index contributed by atoms with van der Waals surface area (Å²) in [6.45, 7) is 1.31. The molecule has 4 nitrogen and oxygen atoms in total. The van der Waals surface area contributed by atoms with Crippen LogP contribution in [0.15, 0.2) is 30.3 Å². The van der Waals surface area contributed by atoms with Crippen molar-refractivity contribution in [1.29, 1.82) is 0 Å². The van der Waals surface area contributed by atoms with Gasteiger partial charge in [0.25, 0.3) is 0 Å². The third kappa shape index (κ3) is 18.0. The summed E-state index contributed by atoms with van der Waals surface area (Å²) < 4.78 is 0. The zero-order valence-electron chi connectivity index (χ0n) is 7.34. The predicted molar refractivity (Wildman–Crippen MR) is 50.6 cm³/mol. The van der Waals surface area contributed by atoms with E-state index in [1.807, 2.05) is 30.3 Å². The van der Waals surface area contributed by atoms with Gasteiger partial charge in [-0.15, -0.1) is 0 Å². The van der Waals surface area contributed by atoms with Gasteiger partial charge in [0.15, 0.2) is 0 Å². The van der Waals surface area contributed by atoms with Crippen LogP contribution in [0.1, 0.15) is 6.92 Å². The first-order valence-corrected chi connectivity index (χ1v) is 3.19. The Labute approximate surface area is 78.8 Å². The van der Waals surface area contributed by atoms with E-state index >= 15 is 0 Å². The Morgan fingerprint density at radius 1 is 1.23 bits per heavy atom. The van der Waals surface area contributed by atoms with Gasteiger partial charge < -0.3 is 16.7 Å². The first-order chi connectivity index (χ1) is 5.13. The van der Waals surface area contributed by atoms with Gasteiger partial charge in [0, 0.05) is 6.92 Å². The molecule has 0 aliphatic heterocycles. The topological polar surface area (TPSA) is 103 Å². The third-order valence-corrected chi connectivity index (χ3v) is 0.800. The van der Waals surface area contributed by atoms with Gasteiger partial charge in [0.1, 0.15) is 0 Å². The van der Waals surface area contributed by atoms with Crippen LogP contribution in [0.3, 0.4) is 0 Å². The molecular weight excluding hydrogens is 169 g/mol. The number of benzene rings is 1. The minimum atomic E-state index is -0.333. The molecule has 0 bridgehead atoms. The van der Waals surface area contributed by atoms with Gasteiger partial charge in [0.2, 0.25) is 5.91 Å². The molecule has 0 atom stereocenters. The molecule has 4 N–H and O–H groups in total. The summed E-state index contributed by atoms with van der Waals surface area (Å²) in [6.07, 6.45) is 0. The van der Waals surface area contributed by atoms with Gasteiger partial charge in [-0.25, -0.2) is 0 Å². The Morgan fingerprint density at radius 3 is 1.69 bits per heavy atom. The first-order valence-electron chi connectivity index (χ1n) is 3.19. The summed E-state index contributed by atoms with van der Waals surface area (Å²) in [5.74, 6) is -0.333. The monoisotopic (exact) mass is 181 g/mol. The third-order valence-electron chi connectivity index (χ3n) is 0.800. The second-order valence-corrected chi connectivity index (χ2v) is 2.02. The summed E-state index contributed by atoms with van der Waals surface area (Å²) in [5.41, 5.74) is 5.29. The van der Waals surface area contributed by atoms with E-state index in [1.165, 1.54) is 6.92 Å². The minimum Gasteiger partial charge on any atom is -0.870 e. The van der Waals surface area contributed by atoms with Crippen LogP contribution in [-0.4, -0.2) is 24.7 Å². The number of hydrogen-bond acceptors (Lipinski definition) is 3. The zero-order valence-corrected chi connectivity index (χ0v) is 7.34. The average Bonchev–Trinajstić information content (AvgIpc) is 1.87. The number of primary amides is 1. The van der Waals surface area contributed by atoms with Crippen molar-refractivity contribution in [3.05, 3.63) is 30.3 Å². The van der Waals surface area contributed by atoms with E-state index in [4.69, 9.17) is 7.85 Å². The first kappa shape index (κ1) is 17.7. The Balaban J connectivity index is -0.000000150. The number of amides is 1. The molecule has 0 saturated heterocycles. The van der Waals surface area contributed by atoms with Gasteiger partial charge in [-0.05, 0) is 0 Å². The summed E-state index contributed by atoms with van der Waals surface area (Å²) in [5, 5.41) is 0. The summed E-state index contributed by atoms with van der Waals surface area (Å²) in [6, 6.07) is 9.49. The van der Waals surface area contributed by atoms with Gasteiger partial charge >= 0.3 is 43.6 Å². The van der Waals surface area contributed by atoms with E-state index in [0.29, 0.717) is 0 Å². The fourth-order valence-corrected chi connectivity index (χ4v) is 0.453. The zero-order chi connectivity index (χ0) is 8.69. The fraction of sp³-hybridized carbons (Fsp3) is 0.125.